The van der Waals surface area contributed by atoms with Crippen LogP contribution in [0.3, 0.4) is 0 Å². The lowest BCUT2D eigenvalue weighted by Gasteiger charge is -2.10. The van der Waals surface area contributed by atoms with Crippen molar-refractivity contribution >= 4 is 17.7 Å². The monoisotopic (exact) mass is 350 g/mol. The zero-order chi connectivity index (χ0) is 18.4. The molecule has 0 saturated heterocycles. The van der Waals surface area contributed by atoms with Crippen LogP contribution in [-0.4, -0.2) is 33.3 Å². The Morgan fingerprint density at radius 1 is 1.15 bits per heavy atom. The van der Waals surface area contributed by atoms with Crippen molar-refractivity contribution in [3.8, 4) is 5.75 Å². The minimum atomic E-state index is -0.521. The number of methoxy groups -OCH3 is 1. The number of hydrogen-bond acceptors (Lipinski definition) is 6. The van der Waals surface area contributed by atoms with Crippen LogP contribution in [0.15, 0.2) is 54.6 Å². The summed E-state index contributed by atoms with van der Waals surface area (Å²) in [5.74, 6) is 0.674. The molecule has 0 saturated carbocycles. The molecule has 1 heterocycles. The molecule has 0 fully saturated rings. The number of carbonyl (C=O) groups excluding carboxylic acids is 1. The highest BCUT2D eigenvalue weighted by Crippen LogP contribution is 2.17. The molecule has 7 nitrogen and oxygen atoms in total. The van der Waals surface area contributed by atoms with E-state index in [1.165, 1.54) is 4.68 Å². The molecule has 0 radical (unpaired) electrons. The Morgan fingerprint density at radius 3 is 2.65 bits per heavy atom. The van der Waals surface area contributed by atoms with Gasteiger partial charge in [-0.3, -0.25) is 0 Å². The number of nitrogens with zero attached hydrogens (tertiary/aromatic N) is 4. The number of hydrogen-bond donors (Lipinski definition) is 0. The smallest absolute Gasteiger partial charge is 0.357 e. The fourth-order valence-corrected chi connectivity index (χ4v) is 2.35. The van der Waals surface area contributed by atoms with Gasteiger partial charge >= 0.3 is 5.97 Å². The van der Waals surface area contributed by atoms with E-state index in [-0.39, 0.29) is 12.3 Å². The van der Waals surface area contributed by atoms with Crippen LogP contribution in [0.5, 0.6) is 5.75 Å². The number of tetrazole rings is 1. The second-order valence-corrected chi connectivity index (χ2v) is 5.51. The van der Waals surface area contributed by atoms with Crippen molar-refractivity contribution in [1.82, 2.24) is 20.2 Å². The lowest BCUT2D eigenvalue weighted by Crippen LogP contribution is -2.15. The number of carbonyl (C=O) groups is 1. The molecule has 132 valence electrons. The first-order valence-corrected chi connectivity index (χ1v) is 7.99. The van der Waals surface area contributed by atoms with E-state index < -0.39 is 5.97 Å². The van der Waals surface area contributed by atoms with E-state index in [4.69, 9.17) is 9.47 Å². The summed E-state index contributed by atoms with van der Waals surface area (Å²) in [6.07, 6.45) is 1.69. The molecule has 2 aromatic carbocycles. The van der Waals surface area contributed by atoms with E-state index >= 15 is 0 Å². The van der Waals surface area contributed by atoms with Crippen LogP contribution in [0, 0.1) is 6.92 Å². The van der Waals surface area contributed by atoms with Gasteiger partial charge < -0.3 is 9.47 Å². The number of rotatable bonds is 6. The van der Waals surface area contributed by atoms with Gasteiger partial charge in [0.15, 0.2) is 11.5 Å². The summed E-state index contributed by atoms with van der Waals surface area (Å²) in [6, 6.07) is 16.8. The fourth-order valence-electron chi connectivity index (χ4n) is 2.35. The van der Waals surface area contributed by atoms with E-state index in [2.05, 4.69) is 15.5 Å². The topological polar surface area (TPSA) is 79.1 Å². The third-order valence-electron chi connectivity index (χ3n) is 3.67. The summed E-state index contributed by atoms with van der Waals surface area (Å²) in [4.78, 5) is 12.7. The third-order valence-corrected chi connectivity index (χ3v) is 3.67. The normalized spacial score (nSPS) is 11.2. The molecule has 0 atom stereocenters. The van der Waals surface area contributed by atoms with E-state index in [0.717, 1.165) is 11.1 Å². The van der Waals surface area contributed by atoms with Gasteiger partial charge in [-0.25, -0.2) is 4.79 Å². The molecule has 0 aliphatic heterocycles. The summed E-state index contributed by atoms with van der Waals surface area (Å²) in [5, 5.41) is 11.3. The SMILES string of the molecule is COc1cccc(COC(=O)/C(=C/c2ccccc2)n2nnnc2C)c1. The van der Waals surface area contributed by atoms with Crippen LogP contribution in [0.25, 0.3) is 11.8 Å². The number of benzene rings is 2. The Bertz CT molecular complexity index is 919. The van der Waals surface area contributed by atoms with Gasteiger partial charge in [0.25, 0.3) is 0 Å². The molecule has 0 unspecified atom stereocenters. The second kappa shape index (κ2) is 8.06. The third kappa shape index (κ3) is 4.13. The largest absolute Gasteiger partial charge is 0.497 e. The quantitative estimate of drug-likeness (QED) is 0.502. The molecule has 7 heteroatoms. The summed E-state index contributed by atoms with van der Waals surface area (Å²) < 4.78 is 12.0. The van der Waals surface area contributed by atoms with E-state index in [1.807, 2.05) is 54.6 Å². The van der Waals surface area contributed by atoms with Crippen LogP contribution in [-0.2, 0) is 16.1 Å². The zero-order valence-electron chi connectivity index (χ0n) is 14.5. The number of aromatic nitrogens is 4. The van der Waals surface area contributed by atoms with Crippen molar-refractivity contribution in [2.45, 2.75) is 13.5 Å². The predicted octanol–water partition coefficient (Wildman–Crippen LogP) is 2.73. The standard InChI is InChI=1S/C19H18N4O3/c1-14-20-21-22-23(14)18(12-15-7-4-3-5-8-15)19(24)26-13-16-9-6-10-17(11-16)25-2/h3-12H,13H2,1-2H3/b18-12-. The summed E-state index contributed by atoms with van der Waals surface area (Å²) in [7, 11) is 1.59. The van der Waals surface area contributed by atoms with Gasteiger partial charge in [0, 0.05) is 0 Å². The van der Waals surface area contributed by atoms with Crippen LogP contribution < -0.4 is 4.74 Å². The lowest BCUT2D eigenvalue weighted by atomic mass is 10.2. The van der Waals surface area contributed by atoms with Crippen LogP contribution in [0.4, 0.5) is 0 Å². The first kappa shape index (κ1) is 17.3. The highest BCUT2D eigenvalue weighted by molar-refractivity contribution is 6.15. The Kier molecular flexibility index (Phi) is 5.38. The maximum Gasteiger partial charge on any atom is 0.357 e. The average Bonchev–Trinajstić information content (AvgIpc) is 3.11. The molecule has 3 aromatic rings. The van der Waals surface area contributed by atoms with Crippen LogP contribution in [0.2, 0.25) is 0 Å². The van der Waals surface area contributed by atoms with Crippen molar-refractivity contribution in [2.75, 3.05) is 7.11 Å². The van der Waals surface area contributed by atoms with Crippen molar-refractivity contribution in [2.24, 2.45) is 0 Å². The van der Waals surface area contributed by atoms with Crippen molar-refractivity contribution in [1.29, 1.82) is 0 Å². The Hall–Kier alpha value is -3.48. The van der Waals surface area contributed by atoms with Crippen molar-refractivity contribution < 1.29 is 14.3 Å². The van der Waals surface area contributed by atoms with Crippen molar-refractivity contribution in [3.05, 3.63) is 71.5 Å². The molecule has 0 aliphatic rings. The number of esters is 1. The molecule has 0 spiro atoms. The molecule has 0 N–H and O–H groups in total. The molecule has 0 aliphatic carbocycles. The molecule has 3 rings (SSSR count). The van der Waals surface area contributed by atoms with Gasteiger partial charge in [-0.15, -0.1) is 5.10 Å². The molecule has 0 amide bonds. The predicted molar refractivity (Wildman–Crippen MR) is 96.0 cm³/mol. The maximum atomic E-state index is 12.7. The van der Waals surface area contributed by atoms with Gasteiger partial charge in [-0.05, 0) is 46.7 Å². The number of ether oxygens (including phenoxy) is 2. The summed E-state index contributed by atoms with van der Waals surface area (Å²) >= 11 is 0. The Labute approximate surface area is 150 Å². The zero-order valence-corrected chi connectivity index (χ0v) is 14.5. The Morgan fingerprint density at radius 2 is 1.96 bits per heavy atom. The minimum absolute atomic E-state index is 0.114. The molecule has 26 heavy (non-hydrogen) atoms. The van der Waals surface area contributed by atoms with E-state index in [9.17, 15) is 4.79 Å². The summed E-state index contributed by atoms with van der Waals surface area (Å²) in [5.41, 5.74) is 1.91. The van der Waals surface area contributed by atoms with Crippen molar-refractivity contribution in [3.63, 3.8) is 0 Å². The molecule has 0 bridgehead atoms. The first-order chi connectivity index (χ1) is 12.7. The van der Waals surface area contributed by atoms with E-state index in [0.29, 0.717) is 11.6 Å². The van der Waals surface area contributed by atoms with E-state index in [1.54, 1.807) is 20.1 Å². The highest BCUT2D eigenvalue weighted by Gasteiger charge is 2.18. The highest BCUT2D eigenvalue weighted by atomic mass is 16.5. The van der Waals surface area contributed by atoms with Gasteiger partial charge in [0.2, 0.25) is 0 Å². The van der Waals surface area contributed by atoms with Crippen LogP contribution in [0.1, 0.15) is 17.0 Å². The number of aryl methyl sites for hydroxylation is 1. The molecular weight excluding hydrogens is 332 g/mol. The summed E-state index contributed by atoms with van der Waals surface area (Å²) in [6.45, 7) is 1.83. The fraction of sp³-hybridized carbons (Fsp3) is 0.158. The van der Waals surface area contributed by atoms with Gasteiger partial charge in [-0.2, -0.15) is 4.68 Å². The average molecular weight is 350 g/mol. The molecular formula is C19H18N4O3. The first-order valence-electron chi connectivity index (χ1n) is 7.99. The van der Waals surface area contributed by atoms with Gasteiger partial charge in [0.1, 0.15) is 12.4 Å². The minimum Gasteiger partial charge on any atom is -0.497 e. The Balaban J connectivity index is 1.83. The lowest BCUT2D eigenvalue weighted by molar-refractivity contribution is -0.138. The van der Waals surface area contributed by atoms with Gasteiger partial charge in [-0.1, -0.05) is 42.5 Å². The van der Waals surface area contributed by atoms with Gasteiger partial charge in [0.05, 0.1) is 7.11 Å². The molecule has 1 aromatic heterocycles. The maximum absolute atomic E-state index is 12.7. The second-order valence-electron chi connectivity index (χ2n) is 5.51. The van der Waals surface area contributed by atoms with Crippen LogP contribution >= 0.6 is 0 Å².